The Bertz CT molecular complexity index is 1160. The molecule has 32 heavy (non-hydrogen) atoms. The number of aryl methyl sites for hydroxylation is 1. The quantitative estimate of drug-likeness (QED) is 0.666. The second kappa shape index (κ2) is 7.81. The number of hydrogen-bond donors (Lipinski definition) is 3. The molecule has 2 atom stereocenters. The fraction of sp³-hybridized carbons (Fsp3) is 0.292. The molecule has 166 valence electrons. The number of nitrogens with one attached hydrogen (secondary N) is 1. The summed E-state index contributed by atoms with van der Waals surface area (Å²) >= 11 is 0. The zero-order valence-corrected chi connectivity index (χ0v) is 17.1. The van der Waals surface area contributed by atoms with Gasteiger partial charge in [-0.3, -0.25) is 9.69 Å². The first-order valence-electron chi connectivity index (χ1n) is 10.4. The van der Waals surface area contributed by atoms with Gasteiger partial charge in [-0.1, -0.05) is 12.1 Å². The first-order chi connectivity index (χ1) is 15.3. The van der Waals surface area contributed by atoms with Crippen molar-refractivity contribution in [3.05, 3.63) is 82.6 Å². The molecule has 2 aromatic carbocycles. The van der Waals surface area contributed by atoms with Gasteiger partial charge in [-0.15, -0.1) is 0 Å². The molecule has 1 fully saturated rings. The minimum absolute atomic E-state index is 0.00698. The second-order valence-electron chi connectivity index (χ2n) is 8.47. The third-order valence-electron chi connectivity index (χ3n) is 6.07. The first-order valence-corrected chi connectivity index (χ1v) is 10.4. The molecule has 2 heterocycles. The minimum Gasteiger partial charge on any atom is -0.454 e. The standard InChI is InChI=1S/C24H22F2N2O4/c25-17-3-4-19(26)22(9-17)32-18-8-16-11-28(13-24(16,31)10-18)12-21(29)15-1-5-20-14(7-15)2-6-23(30)27-20/h1,3-5,7-10,21,29,31H,2,6,11-13H2,(H,27,30)/t21-,24-/m0/s1. The molecule has 0 aromatic heterocycles. The molecule has 1 aliphatic carbocycles. The fourth-order valence-corrected chi connectivity index (χ4v) is 4.46. The summed E-state index contributed by atoms with van der Waals surface area (Å²) in [6, 6.07) is 8.45. The number of carbonyl (C=O) groups excluding carboxylic acids is 1. The third kappa shape index (κ3) is 3.92. The van der Waals surface area contributed by atoms with Gasteiger partial charge in [0.15, 0.2) is 11.6 Å². The number of hydrogen-bond acceptors (Lipinski definition) is 5. The van der Waals surface area contributed by atoms with E-state index in [9.17, 15) is 23.8 Å². The molecule has 5 rings (SSSR count). The highest BCUT2D eigenvalue weighted by Gasteiger charge is 2.43. The number of β-amino-alcohol motifs (C(OH)–C–C–N with tert-alkyl or cyclic N) is 2. The summed E-state index contributed by atoms with van der Waals surface area (Å²) in [7, 11) is 0. The van der Waals surface area contributed by atoms with Crippen LogP contribution in [0.3, 0.4) is 0 Å². The Morgan fingerprint density at radius 3 is 2.84 bits per heavy atom. The van der Waals surface area contributed by atoms with Gasteiger partial charge in [0.2, 0.25) is 5.91 Å². The second-order valence-corrected chi connectivity index (χ2v) is 8.47. The van der Waals surface area contributed by atoms with Crippen molar-refractivity contribution in [3.63, 3.8) is 0 Å². The highest BCUT2D eigenvalue weighted by atomic mass is 19.1. The smallest absolute Gasteiger partial charge is 0.224 e. The molecule has 8 heteroatoms. The van der Waals surface area contributed by atoms with Crippen LogP contribution in [0.4, 0.5) is 14.5 Å². The summed E-state index contributed by atoms with van der Waals surface area (Å²) < 4.78 is 32.7. The summed E-state index contributed by atoms with van der Waals surface area (Å²) in [6.07, 6.45) is 3.41. The van der Waals surface area contributed by atoms with Gasteiger partial charge in [-0.05, 0) is 53.5 Å². The Kier molecular flexibility index (Phi) is 5.08. The van der Waals surface area contributed by atoms with E-state index in [1.165, 1.54) is 6.08 Å². The van der Waals surface area contributed by atoms with Crippen molar-refractivity contribution >= 4 is 11.6 Å². The van der Waals surface area contributed by atoms with Crippen LogP contribution in [0.15, 0.2) is 59.9 Å². The Balaban J connectivity index is 1.24. The van der Waals surface area contributed by atoms with Gasteiger partial charge < -0.3 is 20.3 Å². The van der Waals surface area contributed by atoms with E-state index in [2.05, 4.69) is 5.32 Å². The van der Waals surface area contributed by atoms with Crippen LogP contribution in [0.5, 0.6) is 5.75 Å². The Labute approximate surface area is 183 Å². The van der Waals surface area contributed by atoms with Crippen molar-refractivity contribution in [2.24, 2.45) is 0 Å². The van der Waals surface area contributed by atoms with Crippen LogP contribution in [0.1, 0.15) is 23.7 Å². The number of halogens is 2. The van der Waals surface area contributed by atoms with Crippen LogP contribution in [-0.2, 0) is 11.2 Å². The Morgan fingerprint density at radius 2 is 2.03 bits per heavy atom. The maximum atomic E-state index is 13.8. The number of ether oxygens (including phenoxy) is 1. The average Bonchev–Trinajstić information content (AvgIpc) is 3.20. The van der Waals surface area contributed by atoms with Crippen LogP contribution in [-0.4, -0.2) is 46.3 Å². The number of nitrogens with zero attached hydrogens (tertiary/aromatic N) is 1. The number of aliphatic hydroxyl groups excluding tert-OH is 1. The molecule has 3 aliphatic rings. The molecule has 0 saturated carbocycles. The molecule has 3 N–H and O–H groups in total. The lowest BCUT2D eigenvalue weighted by molar-refractivity contribution is -0.116. The number of likely N-dealkylation sites (tertiary alicyclic amines) is 1. The lowest BCUT2D eigenvalue weighted by Crippen LogP contribution is -2.33. The Hall–Kier alpha value is -3.07. The van der Waals surface area contributed by atoms with Crippen LogP contribution >= 0.6 is 0 Å². The largest absolute Gasteiger partial charge is 0.454 e. The molecule has 1 amide bonds. The number of fused-ring (bicyclic) bond motifs is 2. The van der Waals surface area contributed by atoms with Crippen LogP contribution in [0.25, 0.3) is 0 Å². The summed E-state index contributed by atoms with van der Waals surface area (Å²) in [4.78, 5) is 13.4. The van der Waals surface area contributed by atoms with Crippen LogP contribution in [0, 0.1) is 11.6 Å². The monoisotopic (exact) mass is 440 g/mol. The Morgan fingerprint density at radius 1 is 1.19 bits per heavy atom. The number of amides is 1. The van der Waals surface area contributed by atoms with E-state index in [0.29, 0.717) is 31.5 Å². The van der Waals surface area contributed by atoms with Gasteiger partial charge in [0, 0.05) is 37.8 Å². The predicted molar refractivity (Wildman–Crippen MR) is 113 cm³/mol. The van der Waals surface area contributed by atoms with E-state index in [1.54, 1.807) is 18.2 Å². The maximum Gasteiger partial charge on any atom is 0.224 e. The molecule has 0 radical (unpaired) electrons. The highest BCUT2D eigenvalue weighted by molar-refractivity contribution is 5.93. The van der Waals surface area contributed by atoms with E-state index in [0.717, 1.165) is 35.0 Å². The predicted octanol–water partition coefficient (Wildman–Crippen LogP) is 2.83. The van der Waals surface area contributed by atoms with Crippen molar-refractivity contribution in [2.45, 2.75) is 24.5 Å². The van der Waals surface area contributed by atoms with Crippen molar-refractivity contribution in [3.8, 4) is 5.75 Å². The van der Waals surface area contributed by atoms with E-state index >= 15 is 0 Å². The number of allylic oxidation sites excluding steroid dienone is 1. The summed E-state index contributed by atoms with van der Waals surface area (Å²) in [5, 5.41) is 24.5. The molecule has 2 aliphatic heterocycles. The fourth-order valence-electron chi connectivity index (χ4n) is 4.46. The zero-order chi connectivity index (χ0) is 22.5. The molecule has 6 nitrogen and oxygen atoms in total. The van der Waals surface area contributed by atoms with Gasteiger partial charge in [0.1, 0.15) is 17.2 Å². The van der Waals surface area contributed by atoms with Gasteiger partial charge in [0.25, 0.3) is 0 Å². The molecular formula is C24H22F2N2O4. The van der Waals surface area contributed by atoms with Gasteiger partial charge >= 0.3 is 0 Å². The van der Waals surface area contributed by atoms with Gasteiger partial charge in [-0.25, -0.2) is 8.78 Å². The summed E-state index contributed by atoms with van der Waals surface area (Å²) in [5.74, 6) is -1.30. The van der Waals surface area contributed by atoms with Crippen LogP contribution in [0.2, 0.25) is 0 Å². The molecule has 0 unspecified atom stereocenters. The number of carbonyl (C=O) groups is 1. The topological polar surface area (TPSA) is 82.0 Å². The number of aliphatic hydroxyl groups is 2. The number of anilines is 1. The summed E-state index contributed by atoms with van der Waals surface area (Å²) in [6.45, 7) is 0.965. The molecule has 0 bridgehead atoms. The molecule has 1 saturated heterocycles. The van der Waals surface area contributed by atoms with Crippen LogP contribution < -0.4 is 10.1 Å². The highest BCUT2D eigenvalue weighted by Crippen LogP contribution is 2.37. The normalized spacial score (nSPS) is 23.2. The van der Waals surface area contributed by atoms with Crippen molar-refractivity contribution in [2.75, 3.05) is 25.0 Å². The number of benzene rings is 2. The van der Waals surface area contributed by atoms with Crippen molar-refractivity contribution in [1.29, 1.82) is 0 Å². The molecular weight excluding hydrogens is 418 g/mol. The first kappa shape index (κ1) is 20.8. The maximum absolute atomic E-state index is 13.8. The average molecular weight is 440 g/mol. The number of rotatable bonds is 5. The van der Waals surface area contributed by atoms with E-state index in [1.807, 2.05) is 11.0 Å². The van der Waals surface area contributed by atoms with Crippen molar-refractivity contribution < 1.29 is 28.5 Å². The van der Waals surface area contributed by atoms with Crippen molar-refractivity contribution in [1.82, 2.24) is 4.90 Å². The SMILES string of the molecule is O=C1CCc2cc([C@@H](O)CN3CC4=CC(Oc5cc(F)ccc5F)=C[C@]4(O)C3)ccc2N1. The zero-order valence-electron chi connectivity index (χ0n) is 17.1. The third-order valence-corrected chi connectivity index (χ3v) is 6.07. The van der Waals surface area contributed by atoms with Gasteiger partial charge in [-0.2, -0.15) is 0 Å². The lowest BCUT2D eigenvalue weighted by Gasteiger charge is -2.23. The minimum atomic E-state index is -1.28. The summed E-state index contributed by atoms with van der Waals surface area (Å²) in [5.41, 5.74) is 1.91. The lowest BCUT2D eigenvalue weighted by atomic mass is 9.98. The molecule has 2 aromatic rings. The van der Waals surface area contributed by atoms with Gasteiger partial charge in [0.05, 0.1) is 6.10 Å². The van der Waals surface area contributed by atoms with E-state index in [4.69, 9.17) is 4.74 Å². The molecule has 0 spiro atoms. The van der Waals surface area contributed by atoms with E-state index < -0.39 is 23.3 Å². The van der Waals surface area contributed by atoms with E-state index in [-0.39, 0.29) is 24.0 Å².